The van der Waals surface area contributed by atoms with E-state index in [4.69, 9.17) is 38.0 Å². The van der Waals surface area contributed by atoms with Gasteiger partial charge in [0.15, 0.2) is 6.61 Å². The molecule has 0 saturated carbocycles. The number of aromatic hydroxyl groups is 2. The summed E-state index contributed by atoms with van der Waals surface area (Å²) in [6.45, 7) is 1.92. The molecule has 0 saturated heterocycles. The van der Waals surface area contributed by atoms with Gasteiger partial charge in [-0.3, -0.25) is 14.5 Å². The van der Waals surface area contributed by atoms with Crippen LogP contribution in [0.2, 0.25) is 0 Å². The van der Waals surface area contributed by atoms with Crippen LogP contribution in [0.5, 0.6) is 34.8 Å². The second kappa shape index (κ2) is 20.7. The highest BCUT2D eigenvalue weighted by atomic mass is 16.7. The largest absolute Gasteiger partial charge is 0.492 e. The number of aryl methyl sites for hydroxylation is 1. The molecule has 1 aromatic heterocycles. The zero-order valence-electron chi connectivity index (χ0n) is 38.1. The maximum absolute atomic E-state index is 13.4. The van der Waals surface area contributed by atoms with Crippen molar-refractivity contribution >= 4 is 40.5 Å². The van der Waals surface area contributed by atoms with Crippen molar-refractivity contribution in [1.82, 2.24) is 9.63 Å². The Morgan fingerprint density at radius 1 is 0.742 bits per heavy atom. The number of anilines is 3. The molecule has 0 spiro atoms. The Hall–Kier alpha value is -7.31. The van der Waals surface area contributed by atoms with E-state index in [1.165, 1.54) is 26.4 Å². The number of aromatic nitrogens is 1. The molecular formula is C48H55N5O13. The molecule has 18 nitrogen and oxygen atoms in total. The van der Waals surface area contributed by atoms with Crippen LogP contribution in [0, 0.1) is 6.92 Å². The van der Waals surface area contributed by atoms with Gasteiger partial charge in [0.25, 0.3) is 0 Å². The summed E-state index contributed by atoms with van der Waals surface area (Å²) in [6.07, 6.45) is 6.06. The zero-order chi connectivity index (χ0) is 47.1. The summed E-state index contributed by atoms with van der Waals surface area (Å²) in [5.74, 6) is -0.684. The fourth-order valence-corrected chi connectivity index (χ4v) is 7.58. The van der Waals surface area contributed by atoms with Crippen molar-refractivity contribution in [1.29, 1.82) is 0 Å². The number of carbonyl (C=O) groups is 3. The van der Waals surface area contributed by atoms with Crippen LogP contribution < -0.4 is 38.5 Å². The van der Waals surface area contributed by atoms with E-state index in [2.05, 4.69) is 11.0 Å². The van der Waals surface area contributed by atoms with E-state index < -0.39 is 36.3 Å². The summed E-state index contributed by atoms with van der Waals surface area (Å²) in [5.41, 5.74) is 5.57. The summed E-state index contributed by atoms with van der Waals surface area (Å²) >= 11 is 0. The van der Waals surface area contributed by atoms with Gasteiger partial charge in [0, 0.05) is 85.5 Å². The molecule has 3 aromatic carbocycles. The van der Waals surface area contributed by atoms with Crippen molar-refractivity contribution < 1.29 is 62.6 Å². The van der Waals surface area contributed by atoms with Crippen LogP contribution in [0.1, 0.15) is 16.7 Å². The van der Waals surface area contributed by atoms with Crippen LogP contribution >= 0.6 is 0 Å². The van der Waals surface area contributed by atoms with Crippen LogP contribution in [0.4, 0.5) is 17.1 Å². The molecule has 3 heterocycles. The van der Waals surface area contributed by atoms with Crippen LogP contribution in [-0.4, -0.2) is 145 Å². The lowest BCUT2D eigenvalue weighted by Gasteiger charge is -2.32. The molecule has 0 radical (unpaired) electrons. The van der Waals surface area contributed by atoms with E-state index in [9.17, 15) is 24.6 Å². The molecule has 1 atom stereocenters. The lowest BCUT2D eigenvalue weighted by atomic mass is 9.86. The summed E-state index contributed by atoms with van der Waals surface area (Å²) < 4.78 is 42.9. The molecule has 0 fully saturated rings. The number of hydrogen-bond acceptors (Lipinski definition) is 17. The van der Waals surface area contributed by atoms with Crippen molar-refractivity contribution in [3.05, 3.63) is 107 Å². The standard InChI is InChI=1S/C48H55N5O13/c1-30-8-13-36-41(22-30)62-20-21-63-42-25-35(48-33-11-9-31(49(2)3)23-39(33)65-40-24-32(50(4)5)10-12-34(40)48)38(64-29-47(58)66-53-43(54)14-15-44(53)55)26-37(42)52(28-46(57)60-7)17-19-61-18-16-51(36)27-45(56)59-6/h8-15,22-26,31,54-55H,16-21,27-29H2,1-7H3. The lowest BCUT2D eigenvalue weighted by Crippen LogP contribution is -2.36. The minimum Gasteiger partial charge on any atom is -0.492 e. The number of esters is 2. The molecule has 0 bridgehead atoms. The smallest absolute Gasteiger partial charge is 0.370 e. The number of methoxy groups -OCH3 is 2. The van der Waals surface area contributed by atoms with E-state index in [0.717, 1.165) is 22.4 Å². The number of likely N-dealkylation sites (N-methyl/N-ethyl adjacent to an activating group) is 1. The van der Waals surface area contributed by atoms with Gasteiger partial charge >= 0.3 is 17.9 Å². The predicted molar refractivity (Wildman–Crippen MR) is 245 cm³/mol. The van der Waals surface area contributed by atoms with E-state index in [-0.39, 0.29) is 57.9 Å². The third kappa shape index (κ3) is 10.6. The molecule has 4 aromatic rings. The summed E-state index contributed by atoms with van der Waals surface area (Å²) in [4.78, 5) is 51.9. The van der Waals surface area contributed by atoms with Gasteiger partial charge in [-0.25, -0.2) is 4.79 Å². The van der Waals surface area contributed by atoms with E-state index >= 15 is 0 Å². The Morgan fingerprint density at radius 3 is 2.03 bits per heavy atom. The van der Waals surface area contributed by atoms with Gasteiger partial charge in [-0.2, -0.15) is 0 Å². The van der Waals surface area contributed by atoms with Crippen LogP contribution in [0.3, 0.4) is 0 Å². The highest BCUT2D eigenvalue weighted by Gasteiger charge is 2.32. The maximum atomic E-state index is 13.4. The molecule has 0 amide bonds. The Bertz CT molecular complexity index is 2530. The topological polar surface area (TPSA) is 183 Å². The average molecular weight is 910 g/mol. The molecule has 18 heteroatoms. The highest BCUT2D eigenvalue weighted by molar-refractivity contribution is 5.95. The number of carbonyl (C=O) groups excluding carboxylic acids is 3. The van der Waals surface area contributed by atoms with E-state index in [1.54, 1.807) is 17.0 Å². The number of benzene rings is 3. The number of nitrogens with zero attached hydrogens (tertiary/aromatic N) is 5. The van der Waals surface area contributed by atoms with Gasteiger partial charge in [0.05, 0.1) is 38.8 Å². The number of rotatable bonds is 11. The first-order valence-electron chi connectivity index (χ1n) is 21.2. The number of hydrogen-bond donors (Lipinski definition) is 2. The van der Waals surface area contributed by atoms with E-state index in [1.807, 2.05) is 93.5 Å². The third-order valence-corrected chi connectivity index (χ3v) is 11.1. The summed E-state index contributed by atoms with van der Waals surface area (Å²) in [6, 6.07) is 17.3. The molecule has 3 aliphatic rings. The van der Waals surface area contributed by atoms with Gasteiger partial charge < -0.3 is 62.9 Å². The Balaban J connectivity index is 1.38. The number of fused-ring (bicyclic) bond motifs is 4. The van der Waals surface area contributed by atoms with Crippen LogP contribution in [-0.2, 0) is 28.6 Å². The Morgan fingerprint density at radius 2 is 1.39 bits per heavy atom. The molecule has 2 aliphatic heterocycles. The van der Waals surface area contributed by atoms with Crippen molar-refractivity contribution in [2.45, 2.75) is 13.0 Å². The molecule has 350 valence electrons. The number of allylic oxidation sites excluding steroid dienone is 1. The van der Waals surface area contributed by atoms with Crippen molar-refractivity contribution in [2.75, 3.05) is 116 Å². The van der Waals surface area contributed by atoms with Gasteiger partial charge in [0.2, 0.25) is 11.8 Å². The second-order valence-electron chi connectivity index (χ2n) is 16.0. The molecule has 66 heavy (non-hydrogen) atoms. The SMILES string of the molecule is COC(=O)CN1CCOCCN(CC(=O)OC)c2cc(OCC(=O)On3c(O)ccc3O)c(C3=C4C=CC(N(C)C)C=C4Oc4cc(N(C)C)ccc43)cc2OCCOc2cc(C)ccc21. The number of ether oxygens (including phenoxy) is 7. The second-order valence-corrected chi connectivity index (χ2v) is 16.0. The molecule has 2 N–H and O–H groups in total. The van der Waals surface area contributed by atoms with Crippen LogP contribution in [0.25, 0.3) is 5.57 Å². The minimum atomic E-state index is -0.948. The molecule has 1 unspecified atom stereocenters. The zero-order valence-corrected chi connectivity index (χ0v) is 38.1. The van der Waals surface area contributed by atoms with Gasteiger partial charge in [-0.1, -0.05) is 18.2 Å². The average Bonchev–Trinajstić information content (AvgIpc) is 3.61. The summed E-state index contributed by atoms with van der Waals surface area (Å²) in [5, 5.41) is 20.4. The first-order valence-corrected chi connectivity index (χ1v) is 21.2. The van der Waals surface area contributed by atoms with Gasteiger partial charge in [-0.05, 0) is 63.0 Å². The normalized spacial score (nSPS) is 16.1. The first kappa shape index (κ1) is 46.7. The minimum absolute atomic E-state index is 0.0309. The van der Waals surface area contributed by atoms with Crippen molar-refractivity contribution in [2.24, 2.45) is 0 Å². The lowest BCUT2D eigenvalue weighted by molar-refractivity contribution is -0.147. The summed E-state index contributed by atoms with van der Waals surface area (Å²) in [7, 11) is 10.5. The van der Waals surface area contributed by atoms with Crippen molar-refractivity contribution in [3.63, 3.8) is 0 Å². The fraction of sp³-hybridized carbons (Fsp3) is 0.354. The maximum Gasteiger partial charge on any atom is 0.370 e. The van der Waals surface area contributed by atoms with Crippen molar-refractivity contribution in [3.8, 4) is 34.8 Å². The Labute approximate surface area is 382 Å². The van der Waals surface area contributed by atoms with E-state index in [0.29, 0.717) is 56.8 Å². The van der Waals surface area contributed by atoms with Crippen LogP contribution in [0.15, 0.2) is 90.2 Å². The molecule has 1 aliphatic carbocycles. The third-order valence-electron chi connectivity index (χ3n) is 11.1. The first-order chi connectivity index (χ1) is 31.7. The molecular weight excluding hydrogens is 855 g/mol. The quantitative estimate of drug-likeness (QED) is 0.203. The predicted octanol–water partition coefficient (Wildman–Crippen LogP) is 4.33. The monoisotopic (exact) mass is 909 g/mol. The van der Waals surface area contributed by atoms with Gasteiger partial charge in [0.1, 0.15) is 55.1 Å². The Kier molecular flexibility index (Phi) is 14.6. The molecule has 7 rings (SSSR count). The highest BCUT2D eigenvalue weighted by Crippen LogP contribution is 2.49. The fourth-order valence-electron chi connectivity index (χ4n) is 7.58. The van der Waals surface area contributed by atoms with Gasteiger partial charge in [-0.15, -0.1) is 4.73 Å².